The van der Waals surface area contributed by atoms with Crippen LogP contribution >= 0.6 is 0 Å². The molecule has 9 heteroatoms. The van der Waals surface area contributed by atoms with E-state index < -0.39 is 24.1 Å². The van der Waals surface area contributed by atoms with Gasteiger partial charge in [-0.25, -0.2) is 13.6 Å². The second-order valence-corrected chi connectivity index (χ2v) is 3.33. The van der Waals surface area contributed by atoms with Gasteiger partial charge in [-0.15, -0.1) is 0 Å². The topological polar surface area (TPSA) is 99.2 Å². The predicted molar refractivity (Wildman–Crippen MR) is 56.0 cm³/mol. The molecule has 0 saturated heterocycles. The molecule has 1 rings (SSSR count). The Morgan fingerprint density at radius 3 is 2.83 bits per heavy atom. The van der Waals surface area contributed by atoms with Gasteiger partial charge in [0.1, 0.15) is 12.3 Å². The Kier molecular flexibility index (Phi) is 4.58. The number of nitrogens with one attached hydrogen (secondary N) is 1. The van der Waals surface area contributed by atoms with E-state index in [4.69, 9.17) is 5.73 Å². The minimum Gasteiger partial charge on any atom is -0.448 e. The van der Waals surface area contributed by atoms with E-state index in [2.05, 4.69) is 15.2 Å². The second kappa shape index (κ2) is 5.94. The third kappa shape index (κ3) is 3.68. The fraction of sp³-hybridized carbons (Fsp3) is 0.444. The van der Waals surface area contributed by atoms with Crippen LogP contribution in [0.2, 0.25) is 0 Å². The van der Waals surface area contributed by atoms with Crippen molar-refractivity contribution in [3.63, 3.8) is 0 Å². The van der Waals surface area contributed by atoms with Crippen molar-refractivity contribution < 1.29 is 23.1 Å². The zero-order valence-electron chi connectivity index (χ0n) is 9.52. The van der Waals surface area contributed by atoms with E-state index in [0.717, 1.165) is 4.68 Å². The van der Waals surface area contributed by atoms with Gasteiger partial charge in [0.2, 0.25) is 0 Å². The molecule has 7 nitrogen and oxygen atoms in total. The fourth-order valence-corrected chi connectivity index (χ4v) is 1.25. The number of carbonyl (C=O) groups excluding carboxylic acids is 2. The van der Waals surface area contributed by atoms with Crippen molar-refractivity contribution in [3.05, 3.63) is 17.5 Å². The van der Waals surface area contributed by atoms with E-state index in [0.29, 0.717) is 0 Å². The number of nitrogens with two attached hydrogens (primary N) is 1. The Hall–Kier alpha value is -2.19. The number of aryl methyl sites for hydroxylation is 1. The van der Waals surface area contributed by atoms with E-state index >= 15 is 0 Å². The molecule has 0 aliphatic carbocycles. The number of aromatic nitrogens is 2. The number of ether oxygens (including phenoxy) is 1. The van der Waals surface area contributed by atoms with Gasteiger partial charge in [-0.2, -0.15) is 5.10 Å². The minimum atomic E-state index is -2.84. The molecule has 0 unspecified atom stereocenters. The van der Waals surface area contributed by atoms with Crippen LogP contribution in [0.4, 0.5) is 13.6 Å². The Morgan fingerprint density at radius 1 is 1.61 bits per heavy atom. The summed E-state index contributed by atoms with van der Waals surface area (Å²) in [5, 5.41) is 5.79. The zero-order chi connectivity index (χ0) is 13.7. The van der Waals surface area contributed by atoms with Crippen LogP contribution in [0.15, 0.2) is 6.20 Å². The SMILES string of the molecule is Cn1cc(C(=O)NCCOC(N)=O)c(C(F)F)n1. The molecule has 18 heavy (non-hydrogen) atoms. The first-order chi connectivity index (χ1) is 8.41. The van der Waals surface area contributed by atoms with Gasteiger partial charge >= 0.3 is 6.09 Å². The van der Waals surface area contributed by atoms with Crippen LogP contribution in [0, 0.1) is 0 Å². The first kappa shape index (κ1) is 13.9. The number of hydrogen-bond donors (Lipinski definition) is 2. The maximum absolute atomic E-state index is 12.6. The molecule has 0 fully saturated rings. The van der Waals surface area contributed by atoms with Crippen molar-refractivity contribution in [1.29, 1.82) is 0 Å². The average molecular weight is 262 g/mol. The van der Waals surface area contributed by atoms with Gasteiger partial charge in [-0.3, -0.25) is 9.48 Å². The summed E-state index contributed by atoms with van der Waals surface area (Å²) in [7, 11) is 1.43. The molecule has 0 aliphatic heterocycles. The molecule has 0 aliphatic rings. The lowest BCUT2D eigenvalue weighted by Gasteiger charge is -2.04. The molecule has 0 atom stereocenters. The van der Waals surface area contributed by atoms with Crippen molar-refractivity contribution >= 4 is 12.0 Å². The van der Waals surface area contributed by atoms with E-state index in [1.807, 2.05) is 0 Å². The van der Waals surface area contributed by atoms with Gasteiger partial charge in [-0.1, -0.05) is 0 Å². The molecule has 0 saturated carbocycles. The van der Waals surface area contributed by atoms with Gasteiger partial charge in [0.05, 0.1) is 12.1 Å². The Morgan fingerprint density at radius 2 is 2.28 bits per heavy atom. The first-order valence-electron chi connectivity index (χ1n) is 4.94. The maximum atomic E-state index is 12.6. The Bertz CT molecular complexity index is 447. The molecule has 0 radical (unpaired) electrons. The molecule has 1 aromatic heterocycles. The summed E-state index contributed by atoms with van der Waals surface area (Å²) < 4.78 is 30.6. The number of carbonyl (C=O) groups is 2. The van der Waals surface area contributed by atoms with E-state index in [9.17, 15) is 18.4 Å². The Labute approximate surface area is 101 Å². The highest BCUT2D eigenvalue weighted by Crippen LogP contribution is 2.20. The fourth-order valence-electron chi connectivity index (χ4n) is 1.25. The minimum absolute atomic E-state index is 0.0284. The van der Waals surface area contributed by atoms with Crippen LogP contribution in [0.3, 0.4) is 0 Å². The standard InChI is InChI=1S/C9H12F2N4O3/c1-15-4-5(6(14-15)7(10)11)8(16)13-2-3-18-9(12)17/h4,7H,2-3H2,1H3,(H2,12,17)(H,13,16). The highest BCUT2D eigenvalue weighted by atomic mass is 19.3. The predicted octanol–water partition coefficient (Wildman–Crippen LogP) is 0.183. The van der Waals surface area contributed by atoms with Crippen LogP contribution in [0.1, 0.15) is 22.5 Å². The lowest BCUT2D eigenvalue weighted by molar-refractivity contribution is 0.0923. The van der Waals surface area contributed by atoms with Crippen LogP contribution < -0.4 is 11.1 Å². The van der Waals surface area contributed by atoms with E-state index in [1.165, 1.54) is 13.2 Å². The molecule has 0 aromatic carbocycles. The summed E-state index contributed by atoms with van der Waals surface area (Å²) in [4.78, 5) is 21.8. The molecule has 1 aromatic rings. The van der Waals surface area contributed by atoms with Crippen molar-refractivity contribution in [1.82, 2.24) is 15.1 Å². The van der Waals surface area contributed by atoms with Crippen LogP contribution in [-0.4, -0.2) is 34.9 Å². The molecule has 1 heterocycles. The number of amides is 2. The summed E-state index contributed by atoms with van der Waals surface area (Å²) in [5.74, 6) is -0.716. The smallest absolute Gasteiger partial charge is 0.404 e. The highest BCUT2D eigenvalue weighted by molar-refractivity contribution is 5.95. The van der Waals surface area contributed by atoms with Gasteiger partial charge in [-0.05, 0) is 0 Å². The quantitative estimate of drug-likeness (QED) is 0.739. The van der Waals surface area contributed by atoms with E-state index in [-0.39, 0.29) is 18.7 Å². The molecule has 2 amide bonds. The number of rotatable bonds is 5. The van der Waals surface area contributed by atoms with Gasteiger partial charge in [0.25, 0.3) is 12.3 Å². The summed E-state index contributed by atoms with van der Waals surface area (Å²) in [6.45, 7) is -0.162. The van der Waals surface area contributed by atoms with Gasteiger partial charge < -0.3 is 15.8 Å². The van der Waals surface area contributed by atoms with Gasteiger partial charge in [0, 0.05) is 13.2 Å². The molecule has 100 valence electrons. The maximum Gasteiger partial charge on any atom is 0.404 e. The summed E-state index contributed by atoms with van der Waals surface area (Å²) in [5.41, 5.74) is 3.89. The number of nitrogens with zero attached hydrogens (tertiary/aromatic N) is 2. The monoisotopic (exact) mass is 262 g/mol. The first-order valence-corrected chi connectivity index (χ1v) is 4.94. The van der Waals surface area contributed by atoms with Crippen molar-refractivity contribution in [2.24, 2.45) is 12.8 Å². The van der Waals surface area contributed by atoms with Crippen LogP contribution in [0.5, 0.6) is 0 Å². The largest absolute Gasteiger partial charge is 0.448 e. The van der Waals surface area contributed by atoms with Gasteiger partial charge in [0.15, 0.2) is 0 Å². The third-order valence-corrected chi connectivity index (χ3v) is 1.94. The molecule has 0 spiro atoms. The van der Waals surface area contributed by atoms with E-state index in [1.54, 1.807) is 0 Å². The lowest BCUT2D eigenvalue weighted by Crippen LogP contribution is -2.29. The number of alkyl halides is 2. The number of halogens is 2. The molecule has 3 N–H and O–H groups in total. The molecular formula is C9H12F2N4O3. The van der Waals surface area contributed by atoms with Crippen LogP contribution in [0.25, 0.3) is 0 Å². The average Bonchev–Trinajstić information content (AvgIpc) is 2.66. The lowest BCUT2D eigenvalue weighted by atomic mass is 10.2. The van der Waals surface area contributed by atoms with Crippen LogP contribution in [-0.2, 0) is 11.8 Å². The number of primary amides is 1. The number of hydrogen-bond acceptors (Lipinski definition) is 4. The molecular weight excluding hydrogens is 250 g/mol. The van der Waals surface area contributed by atoms with Crippen molar-refractivity contribution in [2.75, 3.05) is 13.2 Å². The van der Waals surface area contributed by atoms with Crippen molar-refractivity contribution in [2.45, 2.75) is 6.43 Å². The van der Waals surface area contributed by atoms with Crippen molar-refractivity contribution in [3.8, 4) is 0 Å². The normalized spacial score (nSPS) is 10.4. The molecule has 0 bridgehead atoms. The third-order valence-electron chi connectivity index (χ3n) is 1.94. The zero-order valence-corrected chi connectivity index (χ0v) is 9.52. The summed E-state index contributed by atoms with van der Waals surface area (Å²) in [6.07, 6.45) is -2.63. The summed E-state index contributed by atoms with van der Waals surface area (Å²) in [6, 6.07) is 0. The highest BCUT2D eigenvalue weighted by Gasteiger charge is 2.22. The Balaban J connectivity index is 2.58. The summed E-state index contributed by atoms with van der Waals surface area (Å²) >= 11 is 0. The second-order valence-electron chi connectivity index (χ2n) is 3.33.